The van der Waals surface area contributed by atoms with Gasteiger partial charge in [0.2, 0.25) is 15.9 Å². The maximum Gasteiger partial charge on any atom is 0.243 e. The molecular formula is C13H16N2O4S. The number of Topliss-reactive ketones (excluding diaryl/α,β-unsaturated/α-hetero) is 1. The Kier molecular flexibility index (Phi) is 3.92. The second-order valence-electron chi connectivity index (χ2n) is 4.76. The average molecular weight is 296 g/mol. The highest BCUT2D eigenvalue weighted by atomic mass is 32.2. The van der Waals surface area contributed by atoms with Gasteiger partial charge in [0.25, 0.3) is 0 Å². The third kappa shape index (κ3) is 2.59. The molecule has 2 N–H and O–H groups in total. The summed E-state index contributed by atoms with van der Waals surface area (Å²) in [6, 6.07) is 4.90. The number of benzene rings is 1. The van der Waals surface area contributed by atoms with E-state index in [4.69, 9.17) is 5.73 Å². The first-order valence-corrected chi connectivity index (χ1v) is 7.70. The van der Waals surface area contributed by atoms with E-state index in [1.807, 2.05) is 0 Å². The zero-order valence-electron chi connectivity index (χ0n) is 11.1. The van der Waals surface area contributed by atoms with Crippen molar-refractivity contribution in [2.45, 2.75) is 30.7 Å². The number of primary amides is 1. The normalized spacial score (nSPS) is 19.9. The van der Waals surface area contributed by atoms with Crippen LogP contribution in [0.4, 0.5) is 0 Å². The molecule has 1 saturated heterocycles. The number of ketones is 1. The summed E-state index contributed by atoms with van der Waals surface area (Å²) in [5, 5.41) is 0. The van der Waals surface area contributed by atoms with E-state index in [0.717, 1.165) is 4.31 Å². The van der Waals surface area contributed by atoms with Gasteiger partial charge >= 0.3 is 0 Å². The maximum atomic E-state index is 12.5. The van der Waals surface area contributed by atoms with Gasteiger partial charge in [-0.15, -0.1) is 0 Å². The number of nitrogens with two attached hydrogens (primary N) is 1. The fourth-order valence-electron chi connectivity index (χ4n) is 2.31. The van der Waals surface area contributed by atoms with E-state index in [2.05, 4.69) is 0 Å². The number of rotatable bonds is 4. The molecule has 1 aliphatic heterocycles. The number of sulfonamides is 1. The smallest absolute Gasteiger partial charge is 0.243 e. The molecular weight excluding hydrogens is 280 g/mol. The molecule has 0 radical (unpaired) electrons. The average Bonchev–Trinajstić information content (AvgIpc) is 2.89. The van der Waals surface area contributed by atoms with Gasteiger partial charge in [0.05, 0.1) is 4.90 Å². The quantitative estimate of drug-likeness (QED) is 0.819. The predicted molar refractivity (Wildman–Crippen MR) is 72.6 cm³/mol. The lowest BCUT2D eigenvalue weighted by Crippen LogP contribution is -2.43. The van der Waals surface area contributed by atoms with Crippen LogP contribution in [0.3, 0.4) is 0 Å². The van der Waals surface area contributed by atoms with Crippen molar-refractivity contribution in [3.63, 3.8) is 0 Å². The Bertz CT molecular complexity index is 637. The van der Waals surface area contributed by atoms with Crippen LogP contribution in [-0.4, -0.2) is 37.0 Å². The first-order chi connectivity index (χ1) is 9.34. The molecule has 1 atom stereocenters. The molecule has 1 aromatic carbocycles. The van der Waals surface area contributed by atoms with Gasteiger partial charge in [-0.1, -0.05) is 12.1 Å². The molecule has 0 aromatic heterocycles. The van der Waals surface area contributed by atoms with Crippen LogP contribution in [0, 0.1) is 0 Å². The van der Waals surface area contributed by atoms with Crippen LogP contribution in [0.5, 0.6) is 0 Å². The summed E-state index contributed by atoms with van der Waals surface area (Å²) in [6.45, 7) is 1.69. The summed E-state index contributed by atoms with van der Waals surface area (Å²) in [7, 11) is -3.75. The molecule has 1 amide bonds. The van der Waals surface area contributed by atoms with Crippen molar-refractivity contribution in [3.05, 3.63) is 29.8 Å². The van der Waals surface area contributed by atoms with E-state index in [-0.39, 0.29) is 17.2 Å². The van der Waals surface area contributed by atoms with Crippen LogP contribution in [0.25, 0.3) is 0 Å². The molecule has 1 aliphatic rings. The number of amides is 1. The number of carbonyl (C=O) groups excluding carboxylic acids is 2. The topological polar surface area (TPSA) is 97.5 Å². The second kappa shape index (κ2) is 5.34. The van der Waals surface area contributed by atoms with Crippen LogP contribution in [-0.2, 0) is 14.8 Å². The summed E-state index contributed by atoms with van der Waals surface area (Å²) in [4.78, 5) is 22.6. The first-order valence-electron chi connectivity index (χ1n) is 6.26. The predicted octanol–water partition coefficient (Wildman–Crippen LogP) is 0.528. The van der Waals surface area contributed by atoms with Crippen molar-refractivity contribution in [1.82, 2.24) is 4.31 Å². The molecule has 0 saturated carbocycles. The summed E-state index contributed by atoms with van der Waals surface area (Å²) in [5.74, 6) is -0.767. The van der Waals surface area contributed by atoms with Crippen LogP contribution < -0.4 is 5.73 Å². The Balaban J connectivity index is 2.35. The highest BCUT2D eigenvalue weighted by molar-refractivity contribution is 7.89. The largest absolute Gasteiger partial charge is 0.368 e. The zero-order valence-corrected chi connectivity index (χ0v) is 11.9. The molecule has 108 valence electrons. The lowest BCUT2D eigenvalue weighted by molar-refractivity contribution is -0.121. The lowest BCUT2D eigenvalue weighted by Gasteiger charge is -2.21. The first kappa shape index (κ1) is 14.7. The third-order valence-corrected chi connectivity index (χ3v) is 5.32. The number of hydrogen-bond donors (Lipinski definition) is 1. The lowest BCUT2D eigenvalue weighted by atomic mass is 10.2. The van der Waals surface area contributed by atoms with Gasteiger partial charge in [0.15, 0.2) is 5.78 Å². The third-order valence-electron chi connectivity index (χ3n) is 3.40. The van der Waals surface area contributed by atoms with E-state index >= 15 is 0 Å². The van der Waals surface area contributed by atoms with Gasteiger partial charge in [0.1, 0.15) is 6.04 Å². The number of hydrogen-bond acceptors (Lipinski definition) is 4. The molecule has 6 nitrogen and oxygen atoms in total. The van der Waals surface area contributed by atoms with Crippen molar-refractivity contribution in [2.75, 3.05) is 6.54 Å². The molecule has 1 aromatic rings. The van der Waals surface area contributed by atoms with Crippen molar-refractivity contribution in [1.29, 1.82) is 0 Å². The second-order valence-corrected chi connectivity index (χ2v) is 6.65. The van der Waals surface area contributed by atoms with E-state index in [1.54, 1.807) is 0 Å². The fraction of sp³-hybridized carbons (Fsp3) is 0.385. The Labute approximate surface area is 117 Å². The van der Waals surface area contributed by atoms with Crippen molar-refractivity contribution in [3.8, 4) is 0 Å². The van der Waals surface area contributed by atoms with E-state index < -0.39 is 22.0 Å². The Morgan fingerprint density at radius 3 is 2.35 bits per heavy atom. The van der Waals surface area contributed by atoms with Crippen LogP contribution >= 0.6 is 0 Å². The minimum absolute atomic E-state index is 0.0654. The Morgan fingerprint density at radius 2 is 1.85 bits per heavy atom. The minimum atomic E-state index is -3.75. The highest BCUT2D eigenvalue weighted by Gasteiger charge is 2.38. The molecule has 20 heavy (non-hydrogen) atoms. The molecule has 0 bridgehead atoms. The van der Waals surface area contributed by atoms with Gasteiger partial charge in [-0.2, -0.15) is 4.31 Å². The monoisotopic (exact) mass is 296 g/mol. The maximum absolute atomic E-state index is 12.5. The van der Waals surface area contributed by atoms with Crippen molar-refractivity contribution >= 4 is 21.7 Å². The standard InChI is InChI=1S/C13H16N2O4S/c1-9(16)10-4-6-11(7-5-10)20(18,19)15-8-2-3-12(15)13(14)17/h4-7,12H,2-3,8H2,1H3,(H2,14,17). The van der Waals surface area contributed by atoms with E-state index in [0.29, 0.717) is 18.4 Å². The van der Waals surface area contributed by atoms with Crippen LogP contribution in [0.1, 0.15) is 30.1 Å². The van der Waals surface area contributed by atoms with Crippen molar-refractivity contribution < 1.29 is 18.0 Å². The summed E-state index contributed by atoms with van der Waals surface area (Å²) in [5.41, 5.74) is 5.68. The summed E-state index contributed by atoms with van der Waals surface area (Å²) < 4.78 is 26.1. The molecule has 0 aliphatic carbocycles. The minimum Gasteiger partial charge on any atom is -0.368 e. The zero-order chi connectivity index (χ0) is 14.9. The number of carbonyl (C=O) groups is 2. The Morgan fingerprint density at radius 1 is 1.25 bits per heavy atom. The molecule has 1 heterocycles. The van der Waals surface area contributed by atoms with Crippen LogP contribution in [0.2, 0.25) is 0 Å². The Hall–Kier alpha value is -1.73. The molecule has 0 spiro atoms. The van der Waals surface area contributed by atoms with E-state index in [1.165, 1.54) is 31.2 Å². The molecule has 7 heteroatoms. The van der Waals surface area contributed by atoms with Crippen LogP contribution in [0.15, 0.2) is 29.2 Å². The summed E-state index contributed by atoms with van der Waals surface area (Å²) in [6.07, 6.45) is 1.05. The molecule has 1 unspecified atom stereocenters. The van der Waals surface area contributed by atoms with Gasteiger partial charge in [-0.25, -0.2) is 8.42 Å². The molecule has 2 rings (SSSR count). The van der Waals surface area contributed by atoms with E-state index in [9.17, 15) is 18.0 Å². The molecule has 1 fully saturated rings. The van der Waals surface area contributed by atoms with Gasteiger partial charge < -0.3 is 5.73 Å². The van der Waals surface area contributed by atoms with Crippen molar-refractivity contribution in [2.24, 2.45) is 5.73 Å². The highest BCUT2D eigenvalue weighted by Crippen LogP contribution is 2.26. The van der Waals surface area contributed by atoms with Gasteiger partial charge in [0, 0.05) is 12.1 Å². The summed E-state index contributed by atoms with van der Waals surface area (Å²) >= 11 is 0. The van der Waals surface area contributed by atoms with Gasteiger partial charge in [-0.05, 0) is 31.9 Å². The fourth-order valence-corrected chi connectivity index (χ4v) is 3.97. The number of nitrogens with zero attached hydrogens (tertiary/aromatic N) is 1. The SMILES string of the molecule is CC(=O)c1ccc(S(=O)(=O)N2CCCC2C(N)=O)cc1. The van der Waals surface area contributed by atoms with Gasteiger partial charge in [-0.3, -0.25) is 9.59 Å².